The minimum absolute atomic E-state index is 0.373. The van der Waals surface area contributed by atoms with Gasteiger partial charge in [0, 0.05) is 25.0 Å². The number of hydrogen-bond donors (Lipinski definition) is 1. The molecule has 0 unspecified atom stereocenters. The summed E-state index contributed by atoms with van der Waals surface area (Å²) < 4.78 is 2.36. The Morgan fingerprint density at radius 2 is 2.29 bits per heavy atom. The zero-order chi connectivity index (χ0) is 9.76. The standard InChI is InChI=1S/C11H17N3/c1-11(2)7-13-9(11)10-12-5-6-14(10)8-3-4-8/h5-6,8-9,13H,3-4,7H2,1-2H3/t9-/m1/s1. The first-order chi connectivity index (χ1) is 6.68. The maximum absolute atomic E-state index is 4.50. The molecule has 2 aliphatic rings. The topological polar surface area (TPSA) is 29.9 Å². The lowest BCUT2D eigenvalue weighted by atomic mass is 9.77. The van der Waals surface area contributed by atoms with E-state index in [2.05, 4.69) is 34.9 Å². The van der Waals surface area contributed by atoms with Gasteiger partial charge < -0.3 is 9.88 Å². The van der Waals surface area contributed by atoms with Gasteiger partial charge in [0.25, 0.3) is 0 Å². The van der Waals surface area contributed by atoms with E-state index in [1.165, 1.54) is 18.7 Å². The van der Waals surface area contributed by atoms with Gasteiger partial charge in [-0.3, -0.25) is 0 Å². The van der Waals surface area contributed by atoms with Gasteiger partial charge in [-0.15, -0.1) is 0 Å². The van der Waals surface area contributed by atoms with Crippen molar-refractivity contribution in [3.63, 3.8) is 0 Å². The van der Waals surface area contributed by atoms with Crippen molar-refractivity contribution in [2.24, 2.45) is 5.41 Å². The minimum atomic E-state index is 0.373. The van der Waals surface area contributed by atoms with Crippen molar-refractivity contribution in [1.82, 2.24) is 14.9 Å². The van der Waals surface area contributed by atoms with Crippen molar-refractivity contribution < 1.29 is 0 Å². The summed E-state index contributed by atoms with van der Waals surface area (Å²) in [6, 6.07) is 1.20. The van der Waals surface area contributed by atoms with Crippen molar-refractivity contribution >= 4 is 0 Å². The largest absolute Gasteiger partial charge is 0.331 e. The Kier molecular flexibility index (Phi) is 1.57. The summed E-state index contributed by atoms with van der Waals surface area (Å²) in [4.78, 5) is 4.50. The summed E-state index contributed by atoms with van der Waals surface area (Å²) in [6.07, 6.45) is 6.72. The molecule has 1 aromatic rings. The lowest BCUT2D eigenvalue weighted by Crippen LogP contribution is -2.53. The van der Waals surface area contributed by atoms with Crippen molar-refractivity contribution in [2.75, 3.05) is 6.54 Å². The zero-order valence-corrected chi connectivity index (χ0v) is 8.83. The van der Waals surface area contributed by atoms with Gasteiger partial charge in [0.05, 0.1) is 6.04 Å². The highest BCUT2D eigenvalue weighted by molar-refractivity contribution is 5.12. The highest BCUT2D eigenvalue weighted by atomic mass is 15.2. The van der Waals surface area contributed by atoms with Gasteiger partial charge >= 0.3 is 0 Å². The first-order valence-corrected chi connectivity index (χ1v) is 5.44. The van der Waals surface area contributed by atoms with Gasteiger partial charge in [-0.05, 0) is 18.3 Å². The number of rotatable bonds is 2. The summed E-state index contributed by atoms with van der Waals surface area (Å²) in [5.41, 5.74) is 0.373. The van der Waals surface area contributed by atoms with Gasteiger partial charge in [0.1, 0.15) is 5.82 Å². The van der Waals surface area contributed by atoms with Gasteiger partial charge in [-0.25, -0.2) is 4.98 Å². The van der Waals surface area contributed by atoms with Crippen LogP contribution in [0.1, 0.15) is 44.6 Å². The average Bonchev–Trinajstić information content (AvgIpc) is 2.87. The molecule has 0 radical (unpaired) electrons. The van der Waals surface area contributed by atoms with E-state index in [4.69, 9.17) is 0 Å². The summed E-state index contributed by atoms with van der Waals surface area (Å²) in [7, 11) is 0. The minimum Gasteiger partial charge on any atom is -0.331 e. The Bertz CT molecular complexity index is 349. The molecule has 1 atom stereocenters. The number of nitrogens with zero attached hydrogens (tertiary/aromatic N) is 2. The third-order valence-electron chi connectivity index (χ3n) is 3.44. The molecule has 3 rings (SSSR count). The molecule has 0 amide bonds. The number of imidazole rings is 1. The second-order valence-electron chi connectivity index (χ2n) is 5.23. The molecule has 1 N–H and O–H groups in total. The number of aromatic nitrogens is 2. The summed E-state index contributed by atoms with van der Waals surface area (Å²) in [5, 5.41) is 3.48. The molecule has 2 heterocycles. The molecule has 0 spiro atoms. The van der Waals surface area contributed by atoms with Gasteiger partial charge in [0.2, 0.25) is 0 Å². The van der Waals surface area contributed by atoms with Crippen molar-refractivity contribution in [3.8, 4) is 0 Å². The molecular weight excluding hydrogens is 174 g/mol. The second-order valence-corrected chi connectivity index (χ2v) is 5.23. The molecule has 1 aliphatic heterocycles. The maximum Gasteiger partial charge on any atom is 0.126 e. The Balaban J connectivity index is 1.92. The van der Waals surface area contributed by atoms with E-state index in [-0.39, 0.29) is 0 Å². The zero-order valence-electron chi connectivity index (χ0n) is 8.83. The SMILES string of the molecule is CC1(C)CN[C@@H]1c1nccn1C1CC1. The van der Waals surface area contributed by atoms with Gasteiger partial charge in [-0.2, -0.15) is 0 Å². The lowest BCUT2D eigenvalue weighted by Gasteiger charge is -2.45. The average molecular weight is 191 g/mol. The van der Waals surface area contributed by atoms with Crippen molar-refractivity contribution in [1.29, 1.82) is 0 Å². The van der Waals surface area contributed by atoms with Crippen molar-refractivity contribution in [3.05, 3.63) is 18.2 Å². The fourth-order valence-corrected chi connectivity index (χ4v) is 2.26. The fourth-order valence-electron chi connectivity index (χ4n) is 2.26. The third kappa shape index (κ3) is 1.12. The smallest absolute Gasteiger partial charge is 0.126 e. The predicted octanol–water partition coefficient (Wildman–Crippen LogP) is 1.89. The van der Waals surface area contributed by atoms with Crippen LogP contribution in [0.2, 0.25) is 0 Å². The van der Waals surface area contributed by atoms with Crippen LogP contribution in [-0.4, -0.2) is 16.1 Å². The Labute approximate surface area is 84.5 Å². The van der Waals surface area contributed by atoms with Crippen LogP contribution in [0.25, 0.3) is 0 Å². The van der Waals surface area contributed by atoms with Crippen LogP contribution in [0.5, 0.6) is 0 Å². The molecular formula is C11H17N3. The van der Waals surface area contributed by atoms with E-state index in [0.717, 1.165) is 12.6 Å². The second kappa shape index (κ2) is 2.60. The molecule has 0 bridgehead atoms. The Hall–Kier alpha value is -0.830. The highest BCUT2D eigenvalue weighted by Gasteiger charge is 2.42. The first-order valence-electron chi connectivity index (χ1n) is 5.44. The van der Waals surface area contributed by atoms with Crippen LogP contribution in [0.3, 0.4) is 0 Å². The van der Waals surface area contributed by atoms with Gasteiger partial charge in [-0.1, -0.05) is 13.8 Å². The quantitative estimate of drug-likeness (QED) is 0.773. The van der Waals surface area contributed by atoms with Crippen molar-refractivity contribution in [2.45, 2.75) is 38.8 Å². The lowest BCUT2D eigenvalue weighted by molar-refractivity contribution is 0.117. The van der Waals surface area contributed by atoms with E-state index >= 15 is 0 Å². The Morgan fingerprint density at radius 1 is 1.50 bits per heavy atom. The van der Waals surface area contributed by atoms with Crippen LogP contribution >= 0.6 is 0 Å². The highest BCUT2D eigenvalue weighted by Crippen LogP contribution is 2.43. The number of nitrogens with one attached hydrogen (secondary N) is 1. The molecule has 76 valence electrons. The van der Waals surface area contributed by atoms with Gasteiger partial charge in [0.15, 0.2) is 0 Å². The summed E-state index contributed by atoms with van der Waals surface area (Å²) >= 11 is 0. The molecule has 14 heavy (non-hydrogen) atoms. The van der Waals surface area contributed by atoms with Crippen LogP contribution in [0.4, 0.5) is 0 Å². The number of hydrogen-bond acceptors (Lipinski definition) is 2. The van der Waals surface area contributed by atoms with E-state index in [1.807, 2.05) is 6.20 Å². The van der Waals surface area contributed by atoms with Crippen LogP contribution < -0.4 is 5.32 Å². The summed E-state index contributed by atoms with van der Waals surface area (Å²) in [6.45, 7) is 5.72. The molecule has 1 saturated heterocycles. The molecule has 1 aromatic heterocycles. The predicted molar refractivity (Wildman–Crippen MR) is 55.0 cm³/mol. The molecule has 3 heteroatoms. The molecule has 3 nitrogen and oxygen atoms in total. The fraction of sp³-hybridized carbons (Fsp3) is 0.727. The van der Waals surface area contributed by atoms with Crippen LogP contribution in [-0.2, 0) is 0 Å². The molecule has 2 fully saturated rings. The normalized spacial score (nSPS) is 30.0. The van der Waals surface area contributed by atoms with Crippen LogP contribution in [0.15, 0.2) is 12.4 Å². The molecule has 0 aromatic carbocycles. The van der Waals surface area contributed by atoms with E-state index < -0.39 is 0 Å². The molecule has 1 saturated carbocycles. The van der Waals surface area contributed by atoms with E-state index in [9.17, 15) is 0 Å². The molecule has 1 aliphatic carbocycles. The third-order valence-corrected chi connectivity index (χ3v) is 3.44. The summed E-state index contributed by atoms with van der Waals surface area (Å²) in [5.74, 6) is 1.24. The first kappa shape index (κ1) is 8.48. The van der Waals surface area contributed by atoms with Crippen LogP contribution in [0, 0.1) is 5.41 Å². The van der Waals surface area contributed by atoms with E-state index in [0.29, 0.717) is 11.5 Å². The monoisotopic (exact) mass is 191 g/mol. The Morgan fingerprint density at radius 3 is 2.79 bits per heavy atom. The maximum atomic E-state index is 4.50. The van der Waals surface area contributed by atoms with E-state index in [1.54, 1.807) is 0 Å².